The smallest absolute Gasteiger partial charge is 0.132 e. The molecule has 0 spiro atoms. The van der Waals surface area contributed by atoms with Crippen LogP contribution in [0.5, 0.6) is 0 Å². The van der Waals surface area contributed by atoms with E-state index in [0.29, 0.717) is 0 Å². The third-order valence-electron chi connectivity index (χ3n) is 4.63. The third kappa shape index (κ3) is 4.41. The molecule has 0 unspecified atom stereocenters. The highest BCUT2D eigenvalue weighted by molar-refractivity contribution is 5.66. The molecule has 6 heteroatoms. The number of aromatic nitrogens is 3. The Kier molecular flexibility index (Phi) is 5.25. The largest absolute Gasteiger partial charge is 0.355 e. The van der Waals surface area contributed by atoms with Crippen LogP contribution in [-0.4, -0.2) is 41.1 Å². The van der Waals surface area contributed by atoms with Crippen LogP contribution in [0.15, 0.2) is 54.9 Å². The number of hydrogen-bond donors (Lipinski definition) is 2. The lowest BCUT2D eigenvalue weighted by atomic mass is 10.1. The molecule has 0 aromatic carbocycles. The van der Waals surface area contributed by atoms with Gasteiger partial charge in [-0.2, -0.15) is 0 Å². The molecule has 138 valence electrons. The first kappa shape index (κ1) is 17.4. The molecule has 0 saturated carbocycles. The van der Waals surface area contributed by atoms with E-state index in [1.165, 1.54) is 0 Å². The summed E-state index contributed by atoms with van der Waals surface area (Å²) in [6, 6.07) is 14.1. The van der Waals surface area contributed by atoms with Gasteiger partial charge in [0.2, 0.25) is 0 Å². The molecular weight excluding hydrogens is 336 g/mol. The standard InChI is InChI=1S/C21H24N6/c1-16-6-9-23-20(14-16)26-19-5-2-4-18(25-19)17-7-10-24-21(15-17)27-12-3-8-22-11-13-27/h2,4-7,9-10,14-15,22H,3,8,11-13H2,1H3,(H,23,25,26). The Balaban J connectivity index is 1.57. The third-order valence-corrected chi connectivity index (χ3v) is 4.63. The molecule has 4 heterocycles. The second-order valence-electron chi connectivity index (χ2n) is 6.74. The number of hydrogen-bond acceptors (Lipinski definition) is 6. The minimum absolute atomic E-state index is 0.780. The van der Waals surface area contributed by atoms with E-state index in [1.807, 2.05) is 49.5 Å². The van der Waals surface area contributed by atoms with Gasteiger partial charge in [-0.05, 0) is 61.9 Å². The molecule has 27 heavy (non-hydrogen) atoms. The molecule has 6 nitrogen and oxygen atoms in total. The molecule has 2 N–H and O–H groups in total. The van der Waals surface area contributed by atoms with E-state index in [4.69, 9.17) is 4.98 Å². The summed E-state index contributed by atoms with van der Waals surface area (Å²) in [5.41, 5.74) is 3.15. The van der Waals surface area contributed by atoms with E-state index < -0.39 is 0 Å². The predicted octanol–water partition coefficient (Wildman–Crippen LogP) is 3.39. The maximum Gasteiger partial charge on any atom is 0.132 e. The Morgan fingerprint density at radius 3 is 2.81 bits per heavy atom. The molecule has 0 radical (unpaired) electrons. The summed E-state index contributed by atoms with van der Waals surface area (Å²) in [5.74, 6) is 2.59. The van der Waals surface area contributed by atoms with E-state index in [-0.39, 0.29) is 0 Å². The van der Waals surface area contributed by atoms with Crippen LogP contribution in [0.2, 0.25) is 0 Å². The molecule has 1 fully saturated rings. The number of nitrogens with one attached hydrogen (secondary N) is 2. The van der Waals surface area contributed by atoms with Crippen molar-refractivity contribution in [3.05, 3.63) is 60.4 Å². The van der Waals surface area contributed by atoms with Crippen LogP contribution < -0.4 is 15.5 Å². The van der Waals surface area contributed by atoms with Gasteiger partial charge in [0.25, 0.3) is 0 Å². The molecule has 4 rings (SSSR count). The van der Waals surface area contributed by atoms with Crippen molar-refractivity contribution in [2.24, 2.45) is 0 Å². The molecule has 0 amide bonds. The Hall–Kier alpha value is -2.99. The van der Waals surface area contributed by atoms with Gasteiger partial charge in [0.15, 0.2) is 0 Å². The van der Waals surface area contributed by atoms with Gasteiger partial charge in [-0.3, -0.25) is 0 Å². The number of anilines is 3. The summed E-state index contributed by atoms with van der Waals surface area (Å²) in [6.45, 7) is 6.11. The number of aryl methyl sites for hydroxylation is 1. The molecule has 0 aliphatic carbocycles. The lowest BCUT2D eigenvalue weighted by Crippen LogP contribution is -2.28. The van der Waals surface area contributed by atoms with Crippen molar-refractivity contribution in [2.75, 3.05) is 36.4 Å². The lowest BCUT2D eigenvalue weighted by molar-refractivity contribution is 0.724. The number of rotatable bonds is 4. The molecule has 3 aromatic heterocycles. The summed E-state index contributed by atoms with van der Waals surface area (Å²) in [6.07, 6.45) is 4.80. The highest BCUT2D eigenvalue weighted by atomic mass is 15.2. The summed E-state index contributed by atoms with van der Waals surface area (Å²) in [4.78, 5) is 16.0. The van der Waals surface area contributed by atoms with E-state index >= 15 is 0 Å². The van der Waals surface area contributed by atoms with Crippen LogP contribution >= 0.6 is 0 Å². The quantitative estimate of drug-likeness (QED) is 0.743. The van der Waals surface area contributed by atoms with Gasteiger partial charge in [0, 0.05) is 37.6 Å². The van der Waals surface area contributed by atoms with Gasteiger partial charge >= 0.3 is 0 Å². The maximum absolute atomic E-state index is 4.76. The van der Waals surface area contributed by atoms with Crippen LogP contribution in [0.1, 0.15) is 12.0 Å². The first-order valence-corrected chi connectivity index (χ1v) is 9.37. The Morgan fingerprint density at radius 1 is 0.963 bits per heavy atom. The topological polar surface area (TPSA) is 66.0 Å². The molecule has 3 aromatic rings. The second kappa shape index (κ2) is 8.14. The van der Waals surface area contributed by atoms with Crippen molar-refractivity contribution in [2.45, 2.75) is 13.3 Å². The summed E-state index contributed by atoms with van der Waals surface area (Å²) in [7, 11) is 0. The Bertz CT molecular complexity index is 902. The predicted molar refractivity (Wildman–Crippen MR) is 109 cm³/mol. The summed E-state index contributed by atoms with van der Waals surface area (Å²) < 4.78 is 0. The maximum atomic E-state index is 4.76. The minimum atomic E-state index is 0.780. The summed E-state index contributed by atoms with van der Waals surface area (Å²) in [5, 5.41) is 6.72. The SMILES string of the molecule is Cc1ccnc(Nc2cccc(-c3ccnc(N4CCCNCC4)c3)n2)c1. The zero-order chi connectivity index (χ0) is 18.5. The van der Waals surface area contributed by atoms with E-state index in [2.05, 4.69) is 31.6 Å². The van der Waals surface area contributed by atoms with Crippen molar-refractivity contribution < 1.29 is 0 Å². The first-order chi connectivity index (χ1) is 13.3. The van der Waals surface area contributed by atoms with Gasteiger partial charge in [0.05, 0.1) is 5.69 Å². The fourth-order valence-electron chi connectivity index (χ4n) is 3.23. The fraction of sp³-hybridized carbons (Fsp3) is 0.286. The Labute approximate surface area is 159 Å². The number of pyridine rings is 3. The second-order valence-corrected chi connectivity index (χ2v) is 6.74. The molecular formula is C21H24N6. The van der Waals surface area contributed by atoms with Crippen molar-refractivity contribution >= 4 is 17.5 Å². The normalized spacial score (nSPS) is 14.6. The average Bonchev–Trinajstić information content (AvgIpc) is 2.98. The van der Waals surface area contributed by atoms with Gasteiger partial charge in [-0.25, -0.2) is 15.0 Å². The number of nitrogens with zero attached hydrogens (tertiary/aromatic N) is 4. The zero-order valence-corrected chi connectivity index (χ0v) is 15.5. The van der Waals surface area contributed by atoms with Crippen LogP contribution in [0, 0.1) is 6.92 Å². The monoisotopic (exact) mass is 360 g/mol. The fourth-order valence-corrected chi connectivity index (χ4v) is 3.23. The van der Waals surface area contributed by atoms with Crippen molar-refractivity contribution in [3.63, 3.8) is 0 Å². The van der Waals surface area contributed by atoms with Crippen LogP contribution in [0.4, 0.5) is 17.5 Å². The Morgan fingerprint density at radius 2 is 1.89 bits per heavy atom. The van der Waals surface area contributed by atoms with Crippen molar-refractivity contribution in [1.82, 2.24) is 20.3 Å². The minimum Gasteiger partial charge on any atom is -0.355 e. The van der Waals surface area contributed by atoms with Crippen LogP contribution in [-0.2, 0) is 0 Å². The van der Waals surface area contributed by atoms with Crippen LogP contribution in [0.3, 0.4) is 0 Å². The first-order valence-electron chi connectivity index (χ1n) is 9.37. The van der Waals surface area contributed by atoms with E-state index in [0.717, 1.165) is 66.9 Å². The highest BCUT2D eigenvalue weighted by Crippen LogP contribution is 2.24. The van der Waals surface area contributed by atoms with Crippen molar-refractivity contribution in [1.29, 1.82) is 0 Å². The van der Waals surface area contributed by atoms with Crippen LogP contribution in [0.25, 0.3) is 11.3 Å². The molecule has 1 aliphatic heterocycles. The molecule has 0 atom stereocenters. The van der Waals surface area contributed by atoms with Gasteiger partial charge in [0.1, 0.15) is 17.5 Å². The van der Waals surface area contributed by atoms with E-state index in [9.17, 15) is 0 Å². The van der Waals surface area contributed by atoms with E-state index in [1.54, 1.807) is 6.20 Å². The lowest BCUT2D eigenvalue weighted by Gasteiger charge is -2.21. The van der Waals surface area contributed by atoms with Gasteiger partial charge in [-0.15, -0.1) is 0 Å². The molecule has 1 saturated heterocycles. The zero-order valence-electron chi connectivity index (χ0n) is 15.5. The summed E-state index contributed by atoms with van der Waals surface area (Å²) >= 11 is 0. The molecule has 0 bridgehead atoms. The van der Waals surface area contributed by atoms with Crippen molar-refractivity contribution in [3.8, 4) is 11.3 Å². The van der Waals surface area contributed by atoms with Gasteiger partial charge < -0.3 is 15.5 Å². The molecule has 1 aliphatic rings. The van der Waals surface area contributed by atoms with Gasteiger partial charge in [-0.1, -0.05) is 6.07 Å². The highest BCUT2D eigenvalue weighted by Gasteiger charge is 2.12. The average molecular weight is 360 g/mol.